The van der Waals surface area contributed by atoms with Gasteiger partial charge in [-0.25, -0.2) is 15.0 Å². The second-order valence-corrected chi connectivity index (χ2v) is 17.5. The fourth-order valence-electron chi connectivity index (χ4n) is 10.4. The average Bonchev–Trinajstić information content (AvgIpc) is 3.85. The average molecular weight is 852 g/mol. The Labute approximate surface area is 385 Å². The second-order valence-electron chi connectivity index (χ2n) is 17.5. The molecule has 0 saturated carbocycles. The van der Waals surface area contributed by atoms with Crippen molar-refractivity contribution in [2.45, 2.75) is 0 Å². The lowest BCUT2D eigenvalue weighted by Crippen LogP contribution is -2.00. The molecule has 0 atom stereocenters. The van der Waals surface area contributed by atoms with E-state index in [-0.39, 0.29) is 0 Å². The molecule has 0 aliphatic rings. The smallest absolute Gasteiger partial charge is 0.164 e. The number of nitrogens with zero attached hydrogens (tertiary/aromatic N) is 3. The Morgan fingerprint density at radius 2 is 0.672 bits per heavy atom. The van der Waals surface area contributed by atoms with Crippen LogP contribution >= 0.6 is 0 Å². The maximum atomic E-state index is 6.23. The monoisotopic (exact) mass is 851 g/mol. The lowest BCUT2D eigenvalue weighted by Gasteiger charge is -2.17. The molecule has 0 aliphatic heterocycles. The highest BCUT2D eigenvalue weighted by atomic mass is 16.3. The van der Waals surface area contributed by atoms with E-state index >= 15 is 0 Å². The fourth-order valence-corrected chi connectivity index (χ4v) is 10.4. The minimum atomic E-state index is 0.600. The van der Waals surface area contributed by atoms with Crippen LogP contribution in [-0.2, 0) is 0 Å². The minimum absolute atomic E-state index is 0.600. The molecule has 2 heterocycles. The zero-order valence-electron chi connectivity index (χ0n) is 36.1. The number of fused-ring (bicyclic) bond motifs is 3. The number of benzene rings is 11. The zero-order chi connectivity index (χ0) is 44.0. The molecule has 0 N–H and O–H groups in total. The summed E-state index contributed by atoms with van der Waals surface area (Å²) >= 11 is 0. The first-order chi connectivity index (χ1) is 33.2. The molecule has 2 aromatic heterocycles. The van der Waals surface area contributed by atoms with Gasteiger partial charge in [-0.2, -0.15) is 0 Å². The van der Waals surface area contributed by atoms with Gasteiger partial charge in [-0.3, -0.25) is 0 Å². The van der Waals surface area contributed by atoms with E-state index in [0.717, 1.165) is 50.1 Å². The number of hydrogen-bond donors (Lipinski definition) is 0. The third-order valence-electron chi connectivity index (χ3n) is 13.6. The molecule has 0 saturated heterocycles. The van der Waals surface area contributed by atoms with Crippen LogP contribution in [0.4, 0.5) is 0 Å². The predicted molar refractivity (Wildman–Crippen MR) is 278 cm³/mol. The number of para-hydroxylation sites is 1. The molecule has 0 radical (unpaired) electrons. The van der Waals surface area contributed by atoms with Crippen LogP contribution in [-0.4, -0.2) is 15.0 Å². The van der Waals surface area contributed by atoms with E-state index in [1.807, 2.05) is 60.7 Å². The van der Waals surface area contributed by atoms with Crippen molar-refractivity contribution in [1.82, 2.24) is 15.0 Å². The lowest BCUT2D eigenvalue weighted by atomic mass is 9.86. The molecule has 67 heavy (non-hydrogen) atoms. The van der Waals surface area contributed by atoms with E-state index in [0.29, 0.717) is 17.5 Å². The molecule has 0 unspecified atom stereocenters. The van der Waals surface area contributed by atoms with E-state index in [4.69, 9.17) is 19.4 Å². The van der Waals surface area contributed by atoms with Gasteiger partial charge in [-0.1, -0.05) is 194 Å². The maximum absolute atomic E-state index is 6.23. The van der Waals surface area contributed by atoms with Gasteiger partial charge in [0.25, 0.3) is 0 Å². The summed E-state index contributed by atoms with van der Waals surface area (Å²) in [7, 11) is 0. The molecular formula is C63H37N3O. The van der Waals surface area contributed by atoms with Gasteiger partial charge in [0.05, 0.1) is 0 Å². The van der Waals surface area contributed by atoms with E-state index in [2.05, 4.69) is 164 Å². The van der Waals surface area contributed by atoms with Crippen molar-refractivity contribution in [3.63, 3.8) is 0 Å². The highest BCUT2D eigenvalue weighted by molar-refractivity contribution is 6.37. The van der Waals surface area contributed by atoms with Crippen LogP contribution in [0.5, 0.6) is 0 Å². The van der Waals surface area contributed by atoms with E-state index < -0.39 is 0 Å². The van der Waals surface area contributed by atoms with E-state index in [9.17, 15) is 0 Å². The van der Waals surface area contributed by atoms with Gasteiger partial charge in [0.1, 0.15) is 11.3 Å². The lowest BCUT2D eigenvalue weighted by molar-refractivity contribution is 0.631. The Balaban J connectivity index is 0.843. The van der Waals surface area contributed by atoms with Crippen LogP contribution in [0.2, 0.25) is 0 Å². The summed E-state index contributed by atoms with van der Waals surface area (Å²) in [6.07, 6.45) is 0. The molecule has 14 aromatic rings. The van der Waals surface area contributed by atoms with Gasteiger partial charge in [0.2, 0.25) is 0 Å². The molecule has 310 valence electrons. The first-order valence-corrected chi connectivity index (χ1v) is 22.7. The highest BCUT2D eigenvalue weighted by Gasteiger charge is 2.18. The summed E-state index contributed by atoms with van der Waals surface area (Å²) in [4.78, 5) is 15.1. The topological polar surface area (TPSA) is 51.8 Å². The highest BCUT2D eigenvalue weighted by Crippen LogP contribution is 2.45. The van der Waals surface area contributed by atoms with Crippen molar-refractivity contribution in [3.05, 3.63) is 224 Å². The summed E-state index contributed by atoms with van der Waals surface area (Å²) in [5.74, 6) is 2.64. The molecule has 0 aliphatic carbocycles. The van der Waals surface area contributed by atoms with Crippen LogP contribution in [0.3, 0.4) is 0 Å². The molecule has 0 amide bonds. The van der Waals surface area contributed by atoms with Crippen molar-refractivity contribution in [2.75, 3.05) is 0 Å². The Kier molecular flexibility index (Phi) is 8.25. The van der Waals surface area contributed by atoms with Gasteiger partial charge in [0.15, 0.2) is 17.5 Å². The maximum Gasteiger partial charge on any atom is 0.164 e. The van der Waals surface area contributed by atoms with Crippen molar-refractivity contribution in [1.29, 1.82) is 0 Å². The molecule has 0 bridgehead atoms. The molecule has 0 spiro atoms. The number of furan rings is 1. The van der Waals surface area contributed by atoms with Crippen LogP contribution < -0.4 is 0 Å². The molecular weight excluding hydrogens is 815 g/mol. The van der Waals surface area contributed by atoms with E-state index in [1.165, 1.54) is 75.8 Å². The Hall–Kier alpha value is -8.99. The van der Waals surface area contributed by atoms with Gasteiger partial charge < -0.3 is 4.42 Å². The van der Waals surface area contributed by atoms with Gasteiger partial charge in [-0.05, 0) is 117 Å². The molecule has 0 fully saturated rings. The molecule has 4 nitrogen and oxygen atoms in total. The second kappa shape index (κ2) is 14.8. The standard InChI is InChI=1S/C63H37N3O/c1-2-10-44(11-3-1)61-64-62(66-63(65-61)49-17-6-16-46(34-49)56-37-47-12-4-5-21-55(47)67-56)45-31-26-39(27-32-45)38-22-24-40(25-23-38)50-35-48-33-30-43-14-8-19-52-51-18-7-13-41-28-29-42-15-9-20-53(59(42)57(41)51)54(36-50)60(48)58(43)52/h1-37H. The normalized spacial score (nSPS) is 11.9. The van der Waals surface area contributed by atoms with Crippen LogP contribution in [0, 0.1) is 0 Å². The first kappa shape index (κ1) is 37.4. The van der Waals surface area contributed by atoms with Crippen LogP contribution in [0.1, 0.15) is 0 Å². The molecule has 4 heteroatoms. The number of rotatable bonds is 6. The van der Waals surface area contributed by atoms with Gasteiger partial charge in [-0.15, -0.1) is 0 Å². The van der Waals surface area contributed by atoms with Gasteiger partial charge in [0, 0.05) is 27.6 Å². The summed E-state index contributed by atoms with van der Waals surface area (Å²) in [6.45, 7) is 0. The zero-order valence-corrected chi connectivity index (χ0v) is 36.1. The van der Waals surface area contributed by atoms with Crippen LogP contribution in [0.25, 0.3) is 143 Å². The molecule has 14 rings (SSSR count). The van der Waals surface area contributed by atoms with E-state index in [1.54, 1.807) is 0 Å². The largest absolute Gasteiger partial charge is 0.456 e. The first-order valence-electron chi connectivity index (χ1n) is 22.7. The Morgan fingerprint density at radius 3 is 1.28 bits per heavy atom. The summed E-state index contributed by atoms with van der Waals surface area (Å²) in [5.41, 5.74) is 9.17. The van der Waals surface area contributed by atoms with Crippen molar-refractivity contribution in [2.24, 2.45) is 0 Å². The number of aromatic nitrogens is 3. The minimum Gasteiger partial charge on any atom is -0.456 e. The summed E-state index contributed by atoms with van der Waals surface area (Å²) in [6, 6.07) is 80.2. The molecule has 12 aromatic carbocycles. The Bertz CT molecular complexity index is 4210. The third-order valence-corrected chi connectivity index (χ3v) is 13.6. The summed E-state index contributed by atoms with van der Waals surface area (Å²) in [5, 5.41) is 16.5. The van der Waals surface area contributed by atoms with Crippen molar-refractivity contribution >= 4 is 75.6 Å². The fraction of sp³-hybridized carbons (Fsp3) is 0. The number of hydrogen-bond acceptors (Lipinski definition) is 4. The SMILES string of the molecule is c1ccc(-c2nc(-c3ccc(-c4ccc(-c5cc6ccc7cccc8c9cccc%10ccc%11cccc(c(c5)c6c78)c%11c%109)cc4)cc3)nc(-c3cccc(-c4cc5ccccc5o4)c3)n2)cc1. The Morgan fingerprint density at radius 1 is 0.239 bits per heavy atom. The van der Waals surface area contributed by atoms with Crippen LogP contribution in [0.15, 0.2) is 229 Å². The summed E-state index contributed by atoms with van der Waals surface area (Å²) < 4.78 is 6.23. The van der Waals surface area contributed by atoms with Crippen molar-refractivity contribution in [3.8, 4) is 67.7 Å². The quantitative estimate of drug-likeness (QED) is 0.156. The third kappa shape index (κ3) is 6.11. The van der Waals surface area contributed by atoms with Crippen molar-refractivity contribution < 1.29 is 4.42 Å². The predicted octanol–water partition coefficient (Wildman–Crippen LogP) is 17.0. The van der Waals surface area contributed by atoms with Gasteiger partial charge >= 0.3 is 0 Å².